The molecule has 1 unspecified atom stereocenters. The van der Waals surface area contributed by atoms with E-state index in [-0.39, 0.29) is 29.4 Å². The molecule has 1 aromatic heterocycles. The maximum atomic E-state index is 13.4. The molecule has 2 heterocycles. The van der Waals surface area contributed by atoms with Crippen molar-refractivity contribution in [3.63, 3.8) is 0 Å². The molecule has 37 heavy (non-hydrogen) atoms. The summed E-state index contributed by atoms with van der Waals surface area (Å²) < 4.78 is 40.3. The van der Waals surface area contributed by atoms with Gasteiger partial charge < -0.3 is 10.6 Å². The summed E-state index contributed by atoms with van der Waals surface area (Å²) in [5, 5.41) is 7.30. The number of pyridine rings is 1. The number of alkyl halides is 3. The summed E-state index contributed by atoms with van der Waals surface area (Å²) in [6.45, 7) is 0. The second-order valence-corrected chi connectivity index (χ2v) is 10.0. The quantitative estimate of drug-likeness (QED) is 0.428. The molecular formula is C27H26ClF3N4O2. The van der Waals surface area contributed by atoms with Gasteiger partial charge in [-0.1, -0.05) is 29.8 Å². The van der Waals surface area contributed by atoms with Crippen LogP contribution in [0.4, 0.5) is 24.5 Å². The second kappa shape index (κ2) is 10.2. The molecule has 1 aliphatic carbocycles. The zero-order chi connectivity index (χ0) is 26.2. The lowest BCUT2D eigenvalue weighted by atomic mass is 9.90. The molecule has 3 aromatic rings. The Morgan fingerprint density at radius 1 is 0.973 bits per heavy atom. The predicted octanol–water partition coefficient (Wildman–Crippen LogP) is 5.94. The average Bonchev–Trinajstić information content (AvgIpc) is 3.26. The van der Waals surface area contributed by atoms with Crippen LogP contribution in [0, 0.1) is 0 Å². The molecule has 0 spiro atoms. The van der Waals surface area contributed by atoms with Crippen LogP contribution in [0.3, 0.4) is 0 Å². The average molecular weight is 531 g/mol. The third-order valence-electron chi connectivity index (χ3n) is 7.04. The van der Waals surface area contributed by atoms with E-state index in [0.29, 0.717) is 60.3 Å². The van der Waals surface area contributed by atoms with Crippen LogP contribution in [-0.2, 0) is 15.8 Å². The van der Waals surface area contributed by atoms with Crippen molar-refractivity contribution in [3.8, 4) is 0 Å². The molecule has 2 fully saturated rings. The van der Waals surface area contributed by atoms with Gasteiger partial charge in [0.1, 0.15) is 11.7 Å². The van der Waals surface area contributed by atoms with Crippen LogP contribution in [0.1, 0.15) is 44.2 Å². The molecule has 10 heteroatoms. The number of nitrogens with zero attached hydrogens (tertiary/aromatic N) is 2. The van der Waals surface area contributed by atoms with Crippen molar-refractivity contribution in [3.05, 3.63) is 65.3 Å². The highest BCUT2D eigenvalue weighted by molar-refractivity contribution is 6.31. The monoisotopic (exact) mass is 530 g/mol. The highest BCUT2D eigenvalue weighted by Gasteiger charge is 2.38. The largest absolute Gasteiger partial charge is 0.433 e. The van der Waals surface area contributed by atoms with Crippen molar-refractivity contribution in [1.29, 1.82) is 0 Å². The molecule has 1 saturated carbocycles. The predicted molar refractivity (Wildman–Crippen MR) is 137 cm³/mol. The first-order valence-electron chi connectivity index (χ1n) is 12.3. The number of halogens is 4. The van der Waals surface area contributed by atoms with Crippen molar-refractivity contribution in [2.24, 2.45) is 0 Å². The summed E-state index contributed by atoms with van der Waals surface area (Å²) in [5.74, 6) is -0.238. The van der Waals surface area contributed by atoms with E-state index in [1.807, 2.05) is 30.3 Å². The molecule has 2 amide bonds. The van der Waals surface area contributed by atoms with Gasteiger partial charge in [-0.3, -0.25) is 14.5 Å². The van der Waals surface area contributed by atoms with Crippen molar-refractivity contribution in [2.75, 3.05) is 10.2 Å². The molecule has 1 atom stereocenters. The number of fused-ring (bicyclic) bond motifs is 1. The Morgan fingerprint density at radius 2 is 1.68 bits per heavy atom. The zero-order valence-corrected chi connectivity index (χ0v) is 20.6. The Bertz CT molecular complexity index is 1310. The first-order chi connectivity index (χ1) is 17.7. The van der Waals surface area contributed by atoms with Gasteiger partial charge in [0.15, 0.2) is 0 Å². The minimum absolute atomic E-state index is 0.0618. The standard InChI is InChI=1S/C27H26ClF3N4O2/c28-16-6-11-21-20(14-16)22(15-24(34-21)27(29,30)31)32-17-7-9-18(10-8-17)33-26(37)23-12-13-25(36)35(23)19-4-2-1-3-5-19/h1-6,11,14-15,17-18,23H,7-10,12-13H2,(H,32,34)(H,33,37). The minimum Gasteiger partial charge on any atom is -0.382 e. The minimum atomic E-state index is -4.57. The third-order valence-corrected chi connectivity index (χ3v) is 7.28. The Morgan fingerprint density at radius 3 is 2.38 bits per heavy atom. The van der Waals surface area contributed by atoms with Crippen molar-refractivity contribution >= 4 is 45.7 Å². The van der Waals surface area contributed by atoms with Gasteiger partial charge in [-0.15, -0.1) is 0 Å². The van der Waals surface area contributed by atoms with Gasteiger partial charge in [-0.2, -0.15) is 13.2 Å². The summed E-state index contributed by atoms with van der Waals surface area (Å²) in [6, 6.07) is 14.1. The zero-order valence-electron chi connectivity index (χ0n) is 19.9. The molecule has 2 N–H and O–H groups in total. The van der Waals surface area contributed by atoms with Crippen LogP contribution >= 0.6 is 11.6 Å². The normalized spacial score (nSPS) is 22.3. The second-order valence-electron chi connectivity index (χ2n) is 9.57. The Kier molecular flexibility index (Phi) is 6.98. The van der Waals surface area contributed by atoms with Crippen LogP contribution in [0.25, 0.3) is 10.9 Å². The smallest absolute Gasteiger partial charge is 0.382 e. The number of nitrogens with one attached hydrogen (secondary N) is 2. The Balaban J connectivity index is 1.23. The van der Waals surface area contributed by atoms with Crippen LogP contribution in [0.15, 0.2) is 54.6 Å². The van der Waals surface area contributed by atoms with Crippen LogP contribution in [0.2, 0.25) is 5.02 Å². The molecule has 2 aromatic carbocycles. The fourth-order valence-electron chi connectivity index (χ4n) is 5.21. The van der Waals surface area contributed by atoms with Gasteiger partial charge in [0.2, 0.25) is 11.8 Å². The van der Waals surface area contributed by atoms with E-state index in [9.17, 15) is 22.8 Å². The van der Waals surface area contributed by atoms with Crippen LogP contribution in [-0.4, -0.2) is 34.9 Å². The van der Waals surface area contributed by atoms with E-state index in [1.54, 1.807) is 11.0 Å². The van der Waals surface area contributed by atoms with Crippen molar-refractivity contribution in [1.82, 2.24) is 10.3 Å². The third kappa shape index (κ3) is 5.51. The first kappa shape index (κ1) is 25.3. The number of amides is 2. The lowest BCUT2D eigenvalue weighted by Gasteiger charge is -2.32. The number of carbonyl (C=O) groups is 2. The highest BCUT2D eigenvalue weighted by atomic mass is 35.5. The van der Waals surface area contributed by atoms with E-state index in [2.05, 4.69) is 15.6 Å². The van der Waals surface area contributed by atoms with Gasteiger partial charge in [0.25, 0.3) is 0 Å². The van der Waals surface area contributed by atoms with Crippen LogP contribution in [0.5, 0.6) is 0 Å². The summed E-state index contributed by atoms with van der Waals surface area (Å²) in [5.41, 5.74) is 0.313. The van der Waals surface area contributed by atoms with Gasteiger partial charge in [-0.05, 0) is 68.5 Å². The lowest BCUT2D eigenvalue weighted by Crippen LogP contribution is -2.49. The maximum absolute atomic E-state index is 13.4. The van der Waals surface area contributed by atoms with E-state index < -0.39 is 17.9 Å². The summed E-state index contributed by atoms with van der Waals surface area (Å²) >= 11 is 6.10. The van der Waals surface area contributed by atoms with Gasteiger partial charge in [-0.25, -0.2) is 4.98 Å². The first-order valence-corrected chi connectivity index (χ1v) is 12.7. The van der Waals surface area contributed by atoms with Crippen LogP contribution < -0.4 is 15.5 Å². The van der Waals surface area contributed by atoms with Gasteiger partial charge >= 0.3 is 6.18 Å². The Labute approximate surface area is 217 Å². The number of rotatable bonds is 5. The molecule has 2 aliphatic rings. The molecule has 5 rings (SSSR count). The molecule has 0 radical (unpaired) electrons. The SMILES string of the molecule is O=C(NC1CCC(Nc2cc(C(F)(F)F)nc3ccc(Cl)cc23)CC1)C1CCC(=O)N1c1ccccc1. The van der Waals surface area contributed by atoms with Crippen molar-refractivity contribution < 1.29 is 22.8 Å². The van der Waals surface area contributed by atoms with E-state index >= 15 is 0 Å². The molecule has 1 aliphatic heterocycles. The number of para-hydroxylation sites is 1. The summed E-state index contributed by atoms with van der Waals surface area (Å²) in [6.07, 6.45) is -1.09. The fourth-order valence-corrected chi connectivity index (χ4v) is 5.38. The molecule has 0 bridgehead atoms. The number of hydrogen-bond donors (Lipinski definition) is 2. The highest BCUT2D eigenvalue weighted by Crippen LogP contribution is 2.35. The molecule has 1 saturated heterocycles. The fraction of sp³-hybridized carbons (Fsp3) is 0.370. The summed E-state index contributed by atoms with van der Waals surface area (Å²) in [7, 11) is 0. The lowest BCUT2D eigenvalue weighted by molar-refractivity contribution is -0.140. The Hall–Kier alpha value is -3.33. The van der Waals surface area contributed by atoms with E-state index in [1.165, 1.54) is 12.1 Å². The number of hydrogen-bond acceptors (Lipinski definition) is 4. The number of anilines is 2. The number of carbonyl (C=O) groups excluding carboxylic acids is 2. The maximum Gasteiger partial charge on any atom is 0.433 e. The van der Waals surface area contributed by atoms with E-state index in [4.69, 9.17) is 11.6 Å². The molecule has 6 nitrogen and oxygen atoms in total. The number of benzene rings is 2. The topological polar surface area (TPSA) is 74.3 Å². The van der Waals surface area contributed by atoms with Gasteiger partial charge in [0, 0.05) is 40.3 Å². The van der Waals surface area contributed by atoms with E-state index in [0.717, 1.165) is 6.07 Å². The molecule has 194 valence electrons. The van der Waals surface area contributed by atoms with Crippen molar-refractivity contribution in [2.45, 2.75) is 62.8 Å². The summed E-state index contributed by atoms with van der Waals surface area (Å²) in [4.78, 5) is 30.9. The van der Waals surface area contributed by atoms with Gasteiger partial charge in [0.05, 0.1) is 5.52 Å². The molecular weight excluding hydrogens is 505 g/mol. The number of aromatic nitrogens is 1.